The second-order valence-corrected chi connectivity index (χ2v) is 7.43. The third-order valence-corrected chi connectivity index (χ3v) is 4.54. The zero-order valence-electron chi connectivity index (χ0n) is 12.2. The molecule has 21 heavy (non-hydrogen) atoms. The van der Waals surface area contributed by atoms with Crippen LogP contribution in [0.1, 0.15) is 19.2 Å². The lowest BCUT2D eigenvalue weighted by Crippen LogP contribution is -2.10. The van der Waals surface area contributed by atoms with Crippen LogP contribution in [0.5, 0.6) is 0 Å². The van der Waals surface area contributed by atoms with Gasteiger partial charge in [0.25, 0.3) is 0 Å². The summed E-state index contributed by atoms with van der Waals surface area (Å²) in [6.07, 6.45) is 1.77. The van der Waals surface area contributed by atoms with E-state index in [0.29, 0.717) is 11.9 Å². The van der Waals surface area contributed by atoms with Gasteiger partial charge in [-0.25, -0.2) is 13.4 Å². The summed E-state index contributed by atoms with van der Waals surface area (Å²) in [5.41, 5.74) is 1.44. The van der Waals surface area contributed by atoms with E-state index in [1.807, 2.05) is 18.5 Å². The molecule has 2 rings (SSSR count). The molecule has 1 aromatic heterocycles. The molecule has 2 aromatic rings. The third-order valence-electron chi connectivity index (χ3n) is 3.43. The Morgan fingerprint density at radius 3 is 2.67 bits per heavy atom. The van der Waals surface area contributed by atoms with Crippen molar-refractivity contribution in [1.82, 2.24) is 9.55 Å². The second kappa shape index (κ2) is 5.48. The number of fused-ring (bicyclic) bond motifs is 1. The molecule has 1 heterocycles. The van der Waals surface area contributed by atoms with Crippen LogP contribution in [0.15, 0.2) is 23.1 Å². The van der Waals surface area contributed by atoms with Gasteiger partial charge in [-0.15, -0.1) is 0 Å². The fraction of sp³-hybridized carbons (Fsp3) is 0.429. The van der Waals surface area contributed by atoms with Crippen LogP contribution in [0, 0.1) is 5.92 Å². The highest BCUT2D eigenvalue weighted by Gasteiger charge is 2.15. The van der Waals surface area contributed by atoms with Crippen molar-refractivity contribution in [3.8, 4) is 0 Å². The van der Waals surface area contributed by atoms with E-state index in [9.17, 15) is 13.2 Å². The van der Waals surface area contributed by atoms with E-state index < -0.39 is 15.8 Å². The number of sulfone groups is 1. The topological polar surface area (TPSA) is 89.3 Å². The summed E-state index contributed by atoms with van der Waals surface area (Å²) in [4.78, 5) is 15.4. The van der Waals surface area contributed by atoms with Crippen LogP contribution in [0.25, 0.3) is 11.0 Å². The molecule has 0 aliphatic rings. The fourth-order valence-corrected chi connectivity index (χ4v) is 2.97. The lowest BCUT2D eigenvalue weighted by molar-refractivity contribution is -0.137. The van der Waals surface area contributed by atoms with Gasteiger partial charge >= 0.3 is 5.97 Å². The van der Waals surface area contributed by atoms with Crippen LogP contribution in [-0.2, 0) is 28.1 Å². The van der Waals surface area contributed by atoms with Gasteiger partial charge in [0.2, 0.25) is 0 Å². The zero-order valence-corrected chi connectivity index (χ0v) is 13.0. The van der Waals surface area contributed by atoms with E-state index in [-0.39, 0.29) is 17.2 Å². The Morgan fingerprint density at radius 1 is 1.43 bits per heavy atom. The molecule has 0 fully saturated rings. The van der Waals surface area contributed by atoms with Gasteiger partial charge in [0.15, 0.2) is 9.84 Å². The lowest BCUT2D eigenvalue weighted by atomic mass is 10.0. The lowest BCUT2D eigenvalue weighted by Gasteiger charge is -2.08. The number of carbonyl (C=O) groups is 1. The number of aliphatic carboxylic acids is 1. The van der Waals surface area contributed by atoms with Crippen LogP contribution < -0.4 is 0 Å². The number of hydrogen-bond acceptors (Lipinski definition) is 4. The van der Waals surface area contributed by atoms with Gasteiger partial charge in [0, 0.05) is 26.1 Å². The number of carboxylic acid groups (broad SMARTS) is 1. The summed E-state index contributed by atoms with van der Waals surface area (Å²) < 4.78 is 25.0. The minimum atomic E-state index is -3.26. The van der Waals surface area contributed by atoms with Crippen molar-refractivity contribution in [2.24, 2.45) is 13.0 Å². The Bertz CT molecular complexity index is 793. The van der Waals surface area contributed by atoms with Gasteiger partial charge in [0.05, 0.1) is 15.9 Å². The fourth-order valence-electron chi connectivity index (χ4n) is 2.32. The predicted molar refractivity (Wildman–Crippen MR) is 78.9 cm³/mol. The van der Waals surface area contributed by atoms with Crippen LogP contribution in [0.2, 0.25) is 0 Å². The Kier molecular flexibility index (Phi) is 4.04. The summed E-state index contributed by atoms with van der Waals surface area (Å²) in [5.74, 6) is -0.114. The van der Waals surface area contributed by atoms with Crippen LogP contribution in [-0.4, -0.2) is 35.3 Å². The predicted octanol–water partition coefficient (Wildman–Crippen LogP) is 1.63. The minimum absolute atomic E-state index is 0.0348. The van der Waals surface area contributed by atoms with Crippen molar-refractivity contribution in [1.29, 1.82) is 0 Å². The molecule has 0 radical (unpaired) electrons. The molecule has 6 nitrogen and oxygen atoms in total. The Hall–Kier alpha value is -1.89. The summed E-state index contributed by atoms with van der Waals surface area (Å²) in [7, 11) is -1.42. The molecule has 1 unspecified atom stereocenters. The molecule has 114 valence electrons. The quantitative estimate of drug-likeness (QED) is 0.906. The molecule has 0 saturated carbocycles. The van der Waals surface area contributed by atoms with Crippen LogP contribution in [0.4, 0.5) is 0 Å². The number of carboxylic acids is 1. The summed E-state index contributed by atoms with van der Waals surface area (Å²) >= 11 is 0. The van der Waals surface area contributed by atoms with Crippen LogP contribution >= 0.6 is 0 Å². The van der Waals surface area contributed by atoms with Crippen LogP contribution in [0.3, 0.4) is 0 Å². The first-order chi connectivity index (χ1) is 9.68. The normalized spacial score (nSPS) is 13.5. The smallest absolute Gasteiger partial charge is 0.303 e. The van der Waals surface area contributed by atoms with Gasteiger partial charge in [-0.3, -0.25) is 4.79 Å². The van der Waals surface area contributed by atoms with Crippen molar-refractivity contribution < 1.29 is 18.3 Å². The largest absolute Gasteiger partial charge is 0.481 e. The van der Waals surface area contributed by atoms with Crippen molar-refractivity contribution in [3.05, 3.63) is 24.0 Å². The molecule has 0 aliphatic heterocycles. The maximum absolute atomic E-state index is 11.6. The Labute approximate surface area is 123 Å². The molecule has 1 atom stereocenters. The highest BCUT2D eigenvalue weighted by molar-refractivity contribution is 7.90. The number of aromatic nitrogens is 2. The maximum atomic E-state index is 11.6. The van der Waals surface area contributed by atoms with Crippen molar-refractivity contribution >= 4 is 26.8 Å². The standard InChI is InChI=1S/C14H18N2O4S/c1-9(7-14(17)18)6-13-15-11-8-10(21(3,19)20)4-5-12(11)16(13)2/h4-5,8-9H,6-7H2,1-3H3,(H,17,18). The van der Waals surface area contributed by atoms with Gasteiger partial charge in [-0.05, 0) is 24.1 Å². The summed E-state index contributed by atoms with van der Waals surface area (Å²) in [6, 6.07) is 4.84. The Balaban J connectivity index is 2.39. The number of imidazole rings is 1. The maximum Gasteiger partial charge on any atom is 0.303 e. The monoisotopic (exact) mass is 310 g/mol. The van der Waals surface area contributed by atoms with Crippen molar-refractivity contribution in [2.75, 3.05) is 6.26 Å². The summed E-state index contributed by atoms with van der Waals surface area (Å²) in [6.45, 7) is 1.86. The van der Waals surface area contributed by atoms with Gasteiger partial charge in [-0.2, -0.15) is 0 Å². The van der Waals surface area contributed by atoms with Gasteiger partial charge in [-0.1, -0.05) is 6.92 Å². The number of rotatable bonds is 5. The van der Waals surface area contributed by atoms with Crippen molar-refractivity contribution in [2.45, 2.75) is 24.7 Å². The molecule has 0 saturated heterocycles. The molecule has 0 bridgehead atoms. The molecule has 1 N–H and O–H groups in total. The molecule has 1 aromatic carbocycles. The minimum Gasteiger partial charge on any atom is -0.481 e. The van der Waals surface area contributed by atoms with Crippen molar-refractivity contribution in [3.63, 3.8) is 0 Å². The zero-order chi connectivity index (χ0) is 15.8. The molecule has 0 aliphatic carbocycles. The van der Waals surface area contributed by atoms with E-state index in [2.05, 4.69) is 4.98 Å². The molecular formula is C14H18N2O4S. The third kappa shape index (κ3) is 3.41. The first-order valence-corrected chi connectivity index (χ1v) is 8.45. The second-order valence-electron chi connectivity index (χ2n) is 5.42. The molecular weight excluding hydrogens is 292 g/mol. The average Bonchev–Trinajstić information content (AvgIpc) is 2.63. The number of nitrogens with zero attached hydrogens (tertiary/aromatic N) is 2. The van der Waals surface area contributed by atoms with Gasteiger partial charge < -0.3 is 9.67 Å². The SMILES string of the molecule is CC(CC(=O)O)Cc1nc2cc(S(C)(=O)=O)ccc2n1C. The van der Waals surface area contributed by atoms with E-state index in [1.165, 1.54) is 0 Å². The number of aryl methyl sites for hydroxylation is 1. The highest BCUT2D eigenvalue weighted by atomic mass is 32.2. The number of hydrogen-bond donors (Lipinski definition) is 1. The first kappa shape index (κ1) is 15.5. The molecule has 7 heteroatoms. The summed E-state index contributed by atoms with van der Waals surface area (Å²) in [5, 5.41) is 8.80. The average molecular weight is 310 g/mol. The number of benzene rings is 1. The van der Waals surface area contributed by atoms with Gasteiger partial charge in [0.1, 0.15) is 5.82 Å². The van der Waals surface area contributed by atoms with E-state index in [1.54, 1.807) is 18.2 Å². The van der Waals surface area contributed by atoms with E-state index in [0.717, 1.165) is 17.6 Å². The van der Waals surface area contributed by atoms with E-state index >= 15 is 0 Å². The Morgan fingerprint density at radius 2 is 2.10 bits per heavy atom. The highest BCUT2D eigenvalue weighted by Crippen LogP contribution is 2.21. The van der Waals surface area contributed by atoms with E-state index in [4.69, 9.17) is 5.11 Å². The molecule has 0 spiro atoms. The molecule has 0 amide bonds. The first-order valence-electron chi connectivity index (χ1n) is 6.55.